The number of aryl methyl sites for hydroxylation is 1. The summed E-state index contributed by atoms with van der Waals surface area (Å²) in [6, 6.07) is 17.3. The number of aromatic nitrogens is 2. The molecule has 0 spiro atoms. The number of ether oxygens (including phenoxy) is 1. The van der Waals surface area contributed by atoms with Gasteiger partial charge in [0.1, 0.15) is 0 Å². The number of amides is 1. The maximum Gasteiger partial charge on any atom is 0.339 e. The molecule has 154 valence electrons. The number of anilines is 1. The van der Waals surface area contributed by atoms with E-state index < -0.39 is 5.97 Å². The summed E-state index contributed by atoms with van der Waals surface area (Å²) >= 11 is 6.31. The van der Waals surface area contributed by atoms with Crippen LogP contribution in [0.5, 0.6) is 0 Å². The predicted octanol–water partition coefficient (Wildman–Crippen LogP) is 5.30. The summed E-state index contributed by atoms with van der Waals surface area (Å²) in [7, 11) is 1.29. The monoisotopic (exact) mass is 431 g/mol. The van der Waals surface area contributed by atoms with Crippen LogP contribution in [0.3, 0.4) is 0 Å². The zero-order valence-electron chi connectivity index (χ0n) is 16.8. The van der Waals surface area contributed by atoms with Crippen LogP contribution in [-0.2, 0) is 4.74 Å². The Hall–Kier alpha value is -3.77. The van der Waals surface area contributed by atoms with Crippen molar-refractivity contribution in [2.45, 2.75) is 6.92 Å². The number of esters is 1. The Bertz CT molecular complexity index is 1310. The first-order valence-corrected chi connectivity index (χ1v) is 9.87. The Balaban J connectivity index is 1.86. The minimum Gasteiger partial charge on any atom is -0.465 e. The molecule has 1 N–H and O–H groups in total. The number of nitrogens with zero attached hydrogens (tertiary/aromatic N) is 2. The summed E-state index contributed by atoms with van der Waals surface area (Å²) in [5.74, 6) is -0.921. The van der Waals surface area contributed by atoms with E-state index >= 15 is 0 Å². The van der Waals surface area contributed by atoms with E-state index in [1.54, 1.807) is 48.7 Å². The van der Waals surface area contributed by atoms with Crippen LogP contribution in [0.25, 0.3) is 22.3 Å². The topological polar surface area (TPSA) is 81.2 Å². The number of carbonyl (C=O) groups excluding carboxylic acids is 2. The lowest BCUT2D eigenvalue weighted by Crippen LogP contribution is -2.16. The van der Waals surface area contributed by atoms with Gasteiger partial charge in [-0.2, -0.15) is 0 Å². The van der Waals surface area contributed by atoms with Gasteiger partial charge in [0.2, 0.25) is 0 Å². The van der Waals surface area contributed by atoms with Gasteiger partial charge in [-0.25, -0.2) is 9.78 Å². The minimum absolute atomic E-state index is 0.265. The summed E-state index contributed by atoms with van der Waals surface area (Å²) in [6.07, 6.45) is 1.67. The van der Waals surface area contributed by atoms with Gasteiger partial charge in [-0.15, -0.1) is 0 Å². The molecular formula is C24H18ClN3O3. The molecule has 0 aliphatic heterocycles. The van der Waals surface area contributed by atoms with Crippen LogP contribution in [0.2, 0.25) is 5.02 Å². The summed E-state index contributed by atoms with van der Waals surface area (Å²) in [6.45, 7) is 1.86. The molecule has 0 saturated carbocycles. The first-order chi connectivity index (χ1) is 15.0. The van der Waals surface area contributed by atoms with Gasteiger partial charge in [-0.05, 0) is 48.9 Å². The average molecular weight is 432 g/mol. The number of carbonyl (C=O) groups is 2. The van der Waals surface area contributed by atoms with Gasteiger partial charge < -0.3 is 10.1 Å². The second-order valence-electron chi connectivity index (χ2n) is 6.83. The molecule has 4 rings (SSSR count). The van der Waals surface area contributed by atoms with Crippen LogP contribution < -0.4 is 5.32 Å². The van der Waals surface area contributed by atoms with Crippen LogP contribution in [-0.4, -0.2) is 29.0 Å². The number of halogens is 1. The van der Waals surface area contributed by atoms with Crippen LogP contribution >= 0.6 is 11.6 Å². The number of benzene rings is 2. The van der Waals surface area contributed by atoms with Crippen molar-refractivity contribution >= 4 is 40.1 Å². The van der Waals surface area contributed by atoms with Crippen LogP contribution in [0.1, 0.15) is 26.3 Å². The van der Waals surface area contributed by atoms with E-state index in [0.717, 1.165) is 5.56 Å². The highest BCUT2D eigenvalue weighted by Gasteiger charge is 2.19. The minimum atomic E-state index is -0.535. The van der Waals surface area contributed by atoms with Gasteiger partial charge >= 0.3 is 5.97 Å². The number of methoxy groups -OCH3 is 1. The van der Waals surface area contributed by atoms with Crippen molar-refractivity contribution in [1.29, 1.82) is 0 Å². The molecule has 0 unspecified atom stereocenters. The normalized spacial score (nSPS) is 10.7. The molecule has 0 fully saturated rings. The summed E-state index contributed by atoms with van der Waals surface area (Å²) in [5, 5.41) is 4.03. The molecular weight excluding hydrogens is 414 g/mol. The van der Waals surface area contributed by atoms with E-state index in [-0.39, 0.29) is 11.5 Å². The van der Waals surface area contributed by atoms with Gasteiger partial charge in [-0.1, -0.05) is 35.9 Å². The van der Waals surface area contributed by atoms with Crippen molar-refractivity contribution < 1.29 is 14.3 Å². The quantitative estimate of drug-likeness (QED) is 0.443. The molecule has 7 heteroatoms. The van der Waals surface area contributed by atoms with Crippen LogP contribution in [0.15, 0.2) is 66.9 Å². The molecule has 0 aliphatic rings. The fourth-order valence-electron chi connectivity index (χ4n) is 3.31. The maximum absolute atomic E-state index is 13.3. The zero-order chi connectivity index (χ0) is 22.0. The Labute approximate surface area is 183 Å². The van der Waals surface area contributed by atoms with Crippen molar-refractivity contribution in [2.24, 2.45) is 0 Å². The van der Waals surface area contributed by atoms with Gasteiger partial charge in [0, 0.05) is 16.6 Å². The van der Waals surface area contributed by atoms with Crippen molar-refractivity contribution in [1.82, 2.24) is 9.97 Å². The first-order valence-electron chi connectivity index (χ1n) is 9.49. The largest absolute Gasteiger partial charge is 0.465 e. The van der Waals surface area contributed by atoms with Gasteiger partial charge in [0.05, 0.1) is 40.8 Å². The number of hydrogen-bond donors (Lipinski definition) is 1. The van der Waals surface area contributed by atoms with Crippen LogP contribution in [0.4, 0.5) is 5.69 Å². The molecule has 1 amide bonds. The number of rotatable bonds is 4. The van der Waals surface area contributed by atoms with E-state index in [1.807, 2.05) is 25.1 Å². The number of fused-ring (bicyclic) bond motifs is 1. The molecule has 31 heavy (non-hydrogen) atoms. The number of para-hydroxylation sites is 1. The molecule has 0 atom stereocenters. The third-order valence-electron chi connectivity index (χ3n) is 4.92. The smallest absolute Gasteiger partial charge is 0.339 e. The van der Waals surface area contributed by atoms with E-state index in [4.69, 9.17) is 21.3 Å². The second-order valence-corrected chi connectivity index (χ2v) is 7.24. The Morgan fingerprint density at radius 3 is 2.48 bits per heavy atom. The lowest BCUT2D eigenvalue weighted by Gasteiger charge is -2.14. The molecule has 2 aromatic heterocycles. The van der Waals surface area contributed by atoms with Crippen molar-refractivity contribution in [3.63, 3.8) is 0 Å². The standard InChI is InChI=1S/C24H18ClN3O3/c1-14-18(25)11-10-15-17(13-21(27-22(14)15)20-9-5-6-12-26-20)23(29)28-19-8-4-3-7-16(19)24(30)31-2/h3-13H,1-2H3,(H,28,29). The van der Waals surface area contributed by atoms with E-state index in [0.29, 0.717) is 38.6 Å². The lowest BCUT2D eigenvalue weighted by molar-refractivity contribution is 0.0602. The van der Waals surface area contributed by atoms with Crippen molar-refractivity contribution in [2.75, 3.05) is 12.4 Å². The Morgan fingerprint density at radius 1 is 0.968 bits per heavy atom. The number of pyridine rings is 2. The van der Waals surface area contributed by atoms with Gasteiger partial charge in [0.15, 0.2) is 0 Å². The Kier molecular flexibility index (Phi) is 5.64. The molecule has 4 aromatic rings. The molecule has 6 nitrogen and oxygen atoms in total. The molecule has 0 radical (unpaired) electrons. The molecule has 0 aliphatic carbocycles. The fraction of sp³-hybridized carbons (Fsp3) is 0.0833. The van der Waals surface area contributed by atoms with Crippen molar-refractivity contribution in [3.05, 3.63) is 88.6 Å². The predicted molar refractivity (Wildman–Crippen MR) is 120 cm³/mol. The molecule has 2 aromatic carbocycles. The van der Waals surface area contributed by atoms with E-state index in [9.17, 15) is 9.59 Å². The summed E-state index contributed by atoms with van der Waals surface area (Å²) in [4.78, 5) is 34.5. The molecule has 0 bridgehead atoms. The first kappa shape index (κ1) is 20.5. The van der Waals surface area contributed by atoms with Crippen LogP contribution in [0, 0.1) is 6.92 Å². The Morgan fingerprint density at radius 2 is 1.74 bits per heavy atom. The highest BCUT2D eigenvalue weighted by molar-refractivity contribution is 6.32. The highest BCUT2D eigenvalue weighted by atomic mass is 35.5. The lowest BCUT2D eigenvalue weighted by atomic mass is 10.0. The third-order valence-corrected chi connectivity index (χ3v) is 5.33. The zero-order valence-corrected chi connectivity index (χ0v) is 17.6. The third kappa shape index (κ3) is 3.98. The molecule has 2 heterocycles. The van der Waals surface area contributed by atoms with Gasteiger partial charge in [-0.3, -0.25) is 9.78 Å². The SMILES string of the molecule is COC(=O)c1ccccc1NC(=O)c1cc(-c2ccccn2)nc2c(C)c(Cl)ccc12. The second kappa shape index (κ2) is 8.53. The fourth-order valence-corrected chi connectivity index (χ4v) is 3.46. The summed E-state index contributed by atoms with van der Waals surface area (Å²) < 4.78 is 4.82. The van der Waals surface area contributed by atoms with Gasteiger partial charge in [0.25, 0.3) is 5.91 Å². The number of nitrogens with one attached hydrogen (secondary N) is 1. The summed E-state index contributed by atoms with van der Waals surface area (Å²) in [5.41, 5.74) is 3.57. The van der Waals surface area contributed by atoms with Crippen molar-refractivity contribution in [3.8, 4) is 11.4 Å². The number of hydrogen-bond acceptors (Lipinski definition) is 5. The highest BCUT2D eigenvalue weighted by Crippen LogP contribution is 2.30. The average Bonchev–Trinajstić information content (AvgIpc) is 2.81. The van der Waals surface area contributed by atoms with E-state index in [2.05, 4.69) is 10.3 Å². The van der Waals surface area contributed by atoms with E-state index in [1.165, 1.54) is 7.11 Å². The molecule has 0 saturated heterocycles. The maximum atomic E-state index is 13.3.